The van der Waals surface area contributed by atoms with Gasteiger partial charge in [0.25, 0.3) is 5.91 Å². The molecule has 0 spiro atoms. The first-order chi connectivity index (χ1) is 8.83. The first-order valence-electron chi connectivity index (χ1n) is 5.13. The molecule has 2 N–H and O–H groups in total. The molecule has 0 aliphatic heterocycles. The lowest BCUT2D eigenvalue weighted by atomic mass is 10.3. The summed E-state index contributed by atoms with van der Waals surface area (Å²) in [6, 6.07) is 5.03. The molecule has 0 saturated carbocycles. The number of carbonyl (C=O) groups is 1. The largest absolute Gasteiger partial charge is 0.472 e. The monoisotopic (exact) mass is 244 g/mol. The van der Waals surface area contributed by atoms with Gasteiger partial charge in [-0.3, -0.25) is 15.2 Å². The summed E-state index contributed by atoms with van der Waals surface area (Å²) in [6.07, 6.45) is 4.29. The van der Waals surface area contributed by atoms with E-state index >= 15 is 0 Å². The molecule has 3 heterocycles. The number of aromatic nitrogens is 3. The van der Waals surface area contributed by atoms with Gasteiger partial charge in [0.2, 0.25) is 5.95 Å². The van der Waals surface area contributed by atoms with Gasteiger partial charge in [0.1, 0.15) is 6.26 Å². The van der Waals surface area contributed by atoms with Crippen molar-refractivity contribution >= 4 is 11.9 Å². The number of H-pyrrole nitrogens is 1. The van der Waals surface area contributed by atoms with Gasteiger partial charge in [-0.15, -0.1) is 5.10 Å². The molecule has 7 heteroatoms. The predicted octanol–water partition coefficient (Wildman–Crippen LogP) is 1.91. The minimum atomic E-state index is -0.339. The Labute approximate surface area is 101 Å². The molecular formula is C11H8N4O3. The highest BCUT2D eigenvalue weighted by molar-refractivity contribution is 6.03. The third-order valence-electron chi connectivity index (χ3n) is 2.25. The summed E-state index contributed by atoms with van der Waals surface area (Å²) in [5.74, 6) is 0.829. The summed E-state index contributed by atoms with van der Waals surface area (Å²) >= 11 is 0. The maximum absolute atomic E-state index is 11.7. The van der Waals surface area contributed by atoms with E-state index in [1.807, 2.05) is 0 Å². The average Bonchev–Trinajstić information content (AvgIpc) is 3.12. The highest BCUT2D eigenvalue weighted by Gasteiger charge is 2.12. The molecule has 0 aliphatic rings. The van der Waals surface area contributed by atoms with E-state index < -0.39 is 0 Å². The van der Waals surface area contributed by atoms with Crippen LogP contribution >= 0.6 is 0 Å². The maximum atomic E-state index is 11.7. The zero-order valence-electron chi connectivity index (χ0n) is 9.08. The first kappa shape index (κ1) is 10.3. The van der Waals surface area contributed by atoms with E-state index in [-0.39, 0.29) is 11.9 Å². The summed E-state index contributed by atoms with van der Waals surface area (Å²) in [7, 11) is 0. The number of furan rings is 2. The van der Waals surface area contributed by atoms with Crippen LogP contribution in [0.4, 0.5) is 5.95 Å². The second-order valence-electron chi connectivity index (χ2n) is 3.45. The normalized spacial score (nSPS) is 10.4. The average molecular weight is 244 g/mol. The fraction of sp³-hybridized carbons (Fsp3) is 0. The Bertz CT molecular complexity index is 640. The van der Waals surface area contributed by atoms with E-state index in [1.54, 1.807) is 18.2 Å². The second kappa shape index (κ2) is 4.21. The van der Waals surface area contributed by atoms with E-state index in [9.17, 15) is 4.79 Å². The van der Waals surface area contributed by atoms with Crippen LogP contribution in [0, 0.1) is 0 Å². The van der Waals surface area contributed by atoms with E-state index in [1.165, 1.54) is 18.8 Å². The van der Waals surface area contributed by atoms with Crippen LogP contribution in [-0.4, -0.2) is 21.1 Å². The molecule has 90 valence electrons. The Balaban J connectivity index is 1.76. The molecule has 3 rings (SSSR count). The zero-order chi connectivity index (χ0) is 12.4. The van der Waals surface area contributed by atoms with Crippen molar-refractivity contribution in [1.29, 1.82) is 0 Å². The van der Waals surface area contributed by atoms with Crippen molar-refractivity contribution < 1.29 is 13.6 Å². The molecular weight excluding hydrogens is 236 g/mol. The van der Waals surface area contributed by atoms with Crippen molar-refractivity contribution in [3.8, 4) is 11.6 Å². The molecule has 0 fully saturated rings. The molecule has 18 heavy (non-hydrogen) atoms. The molecule has 1 amide bonds. The molecule has 0 atom stereocenters. The third-order valence-corrected chi connectivity index (χ3v) is 2.25. The molecule has 3 aromatic heterocycles. The number of carbonyl (C=O) groups excluding carboxylic acids is 1. The number of nitrogens with zero attached hydrogens (tertiary/aromatic N) is 2. The second-order valence-corrected chi connectivity index (χ2v) is 3.45. The fourth-order valence-electron chi connectivity index (χ4n) is 1.41. The number of nitrogens with one attached hydrogen (secondary N) is 2. The van der Waals surface area contributed by atoms with Crippen LogP contribution in [0.15, 0.2) is 45.8 Å². The summed E-state index contributed by atoms with van der Waals surface area (Å²) in [5, 5.41) is 9.06. The van der Waals surface area contributed by atoms with Crippen LogP contribution in [0.2, 0.25) is 0 Å². The molecule has 0 saturated heterocycles. The quantitative estimate of drug-likeness (QED) is 0.733. The topological polar surface area (TPSA) is 97.0 Å². The molecule has 0 bridgehead atoms. The van der Waals surface area contributed by atoms with E-state index in [2.05, 4.69) is 20.5 Å². The van der Waals surface area contributed by atoms with Crippen LogP contribution in [-0.2, 0) is 0 Å². The predicted molar refractivity (Wildman–Crippen MR) is 60.7 cm³/mol. The van der Waals surface area contributed by atoms with Crippen molar-refractivity contribution in [1.82, 2.24) is 15.2 Å². The van der Waals surface area contributed by atoms with Gasteiger partial charge in [-0.1, -0.05) is 0 Å². The van der Waals surface area contributed by atoms with Gasteiger partial charge in [0.15, 0.2) is 11.6 Å². The van der Waals surface area contributed by atoms with E-state index in [0.29, 0.717) is 17.1 Å². The number of rotatable bonds is 3. The molecule has 7 nitrogen and oxygen atoms in total. The summed E-state index contributed by atoms with van der Waals surface area (Å²) < 4.78 is 9.96. The molecule has 0 unspecified atom stereocenters. The number of hydrogen-bond acceptors (Lipinski definition) is 5. The number of hydrogen-bond donors (Lipinski definition) is 2. The van der Waals surface area contributed by atoms with Gasteiger partial charge in [-0.05, 0) is 18.2 Å². The van der Waals surface area contributed by atoms with Crippen molar-refractivity contribution in [2.75, 3.05) is 5.32 Å². The third kappa shape index (κ3) is 1.88. The molecule has 0 aromatic carbocycles. The van der Waals surface area contributed by atoms with Gasteiger partial charge >= 0.3 is 0 Å². The van der Waals surface area contributed by atoms with Gasteiger partial charge in [-0.25, -0.2) is 0 Å². The summed E-state index contributed by atoms with van der Waals surface area (Å²) in [5.41, 5.74) is 0.402. The molecule has 0 radical (unpaired) electrons. The summed E-state index contributed by atoms with van der Waals surface area (Å²) in [4.78, 5) is 15.8. The Hall–Kier alpha value is -2.83. The van der Waals surface area contributed by atoms with Gasteiger partial charge < -0.3 is 8.83 Å². The maximum Gasteiger partial charge on any atom is 0.261 e. The fourth-order valence-corrected chi connectivity index (χ4v) is 1.41. The lowest BCUT2D eigenvalue weighted by molar-refractivity contribution is 0.102. The Morgan fingerprint density at radius 2 is 2.28 bits per heavy atom. The van der Waals surface area contributed by atoms with Gasteiger partial charge in [0.05, 0.1) is 18.1 Å². The van der Waals surface area contributed by atoms with Crippen molar-refractivity contribution in [3.05, 3.63) is 42.6 Å². The van der Waals surface area contributed by atoms with Crippen LogP contribution in [0.25, 0.3) is 11.6 Å². The highest BCUT2D eigenvalue weighted by atomic mass is 16.3. The SMILES string of the molecule is O=C(Nc1n[nH]c(-c2ccco2)n1)c1ccoc1. The lowest BCUT2D eigenvalue weighted by Crippen LogP contribution is -2.11. The van der Waals surface area contributed by atoms with Crippen molar-refractivity contribution in [3.63, 3.8) is 0 Å². The zero-order valence-corrected chi connectivity index (χ0v) is 9.08. The van der Waals surface area contributed by atoms with Crippen molar-refractivity contribution in [2.24, 2.45) is 0 Å². The lowest BCUT2D eigenvalue weighted by Gasteiger charge is -1.95. The molecule has 0 aliphatic carbocycles. The van der Waals surface area contributed by atoms with Crippen molar-refractivity contribution in [2.45, 2.75) is 0 Å². The minimum absolute atomic E-state index is 0.174. The highest BCUT2D eigenvalue weighted by Crippen LogP contribution is 2.16. The summed E-state index contributed by atoms with van der Waals surface area (Å²) in [6.45, 7) is 0. The van der Waals surface area contributed by atoms with Crippen LogP contribution < -0.4 is 5.32 Å². The van der Waals surface area contributed by atoms with E-state index in [0.717, 1.165) is 0 Å². The smallest absolute Gasteiger partial charge is 0.261 e. The number of amides is 1. The first-order valence-corrected chi connectivity index (χ1v) is 5.13. The van der Waals surface area contributed by atoms with Crippen LogP contribution in [0.5, 0.6) is 0 Å². The number of anilines is 1. The van der Waals surface area contributed by atoms with Gasteiger partial charge in [-0.2, -0.15) is 4.98 Å². The van der Waals surface area contributed by atoms with E-state index in [4.69, 9.17) is 8.83 Å². The van der Waals surface area contributed by atoms with Gasteiger partial charge in [0, 0.05) is 0 Å². The Morgan fingerprint density at radius 3 is 3.00 bits per heavy atom. The Kier molecular flexibility index (Phi) is 2.41. The Morgan fingerprint density at radius 1 is 1.33 bits per heavy atom. The molecule has 3 aromatic rings. The van der Waals surface area contributed by atoms with Crippen LogP contribution in [0.3, 0.4) is 0 Å². The standard InChI is InChI=1S/C11H8N4O3/c16-10(7-3-5-17-6-7)13-11-12-9(14-15-11)8-2-1-4-18-8/h1-6H,(H2,12,13,14,15,16). The number of aromatic amines is 1. The minimum Gasteiger partial charge on any atom is -0.472 e. The van der Waals surface area contributed by atoms with Crippen LogP contribution in [0.1, 0.15) is 10.4 Å².